The van der Waals surface area contributed by atoms with Crippen molar-refractivity contribution in [2.75, 3.05) is 18.0 Å². The monoisotopic (exact) mass is 278 g/mol. The van der Waals surface area contributed by atoms with Gasteiger partial charge in [-0.25, -0.2) is 0 Å². The van der Waals surface area contributed by atoms with E-state index in [1.54, 1.807) is 12.1 Å². The lowest BCUT2D eigenvalue weighted by atomic mass is 9.96. The van der Waals surface area contributed by atoms with Gasteiger partial charge in [0.2, 0.25) is 0 Å². The molecule has 1 aromatic carbocycles. The van der Waals surface area contributed by atoms with Crippen LogP contribution in [0.25, 0.3) is 0 Å². The molecule has 1 N–H and O–H groups in total. The lowest BCUT2D eigenvalue weighted by Gasteiger charge is -2.36. The smallest absolute Gasteiger partial charge is 0.280 e. The molecule has 0 aromatic heterocycles. The van der Waals surface area contributed by atoms with Gasteiger partial charge in [0.05, 0.1) is 16.6 Å². The third kappa shape index (κ3) is 2.80. The average molecular weight is 278 g/mol. The maximum absolute atomic E-state index is 11.6. The first-order valence-corrected chi connectivity index (χ1v) is 6.62. The SMILES string of the molecule is CC(=O)c1cc(N2CCC(O)C(C)C2)ccc1[N+](=O)[O-]. The second-order valence-corrected chi connectivity index (χ2v) is 5.29. The topological polar surface area (TPSA) is 83.7 Å². The van der Waals surface area contributed by atoms with Gasteiger partial charge in [0.1, 0.15) is 0 Å². The van der Waals surface area contributed by atoms with Crippen LogP contribution in [0.4, 0.5) is 11.4 Å². The highest BCUT2D eigenvalue weighted by Crippen LogP contribution is 2.28. The zero-order chi connectivity index (χ0) is 14.9. The maximum atomic E-state index is 11.6. The molecule has 20 heavy (non-hydrogen) atoms. The minimum atomic E-state index is -0.539. The summed E-state index contributed by atoms with van der Waals surface area (Å²) in [7, 11) is 0. The predicted molar refractivity (Wildman–Crippen MR) is 75.1 cm³/mol. The predicted octanol–water partition coefficient (Wildman–Crippen LogP) is 2.00. The number of rotatable bonds is 3. The molecule has 1 fully saturated rings. The Labute approximate surface area is 117 Å². The molecular weight excluding hydrogens is 260 g/mol. The van der Waals surface area contributed by atoms with Crippen LogP contribution in [0.15, 0.2) is 18.2 Å². The Morgan fingerprint density at radius 3 is 2.75 bits per heavy atom. The summed E-state index contributed by atoms with van der Waals surface area (Å²) < 4.78 is 0. The fourth-order valence-corrected chi connectivity index (χ4v) is 2.53. The number of carbonyl (C=O) groups excluding carboxylic acids is 1. The molecule has 1 aliphatic rings. The van der Waals surface area contributed by atoms with Crippen molar-refractivity contribution in [3.63, 3.8) is 0 Å². The Balaban J connectivity index is 2.32. The first-order valence-electron chi connectivity index (χ1n) is 6.62. The number of nitro benzene ring substituents is 1. The highest BCUT2D eigenvalue weighted by molar-refractivity contribution is 5.99. The van der Waals surface area contributed by atoms with Gasteiger partial charge in [0, 0.05) is 24.8 Å². The highest BCUT2D eigenvalue weighted by atomic mass is 16.6. The summed E-state index contributed by atoms with van der Waals surface area (Å²) in [6.45, 7) is 4.65. The van der Waals surface area contributed by atoms with E-state index in [1.165, 1.54) is 13.0 Å². The minimum absolute atomic E-state index is 0.131. The van der Waals surface area contributed by atoms with Crippen molar-refractivity contribution in [3.8, 4) is 0 Å². The van der Waals surface area contributed by atoms with E-state index in [4.69, 9.17) is 0 Å². The largest absolute Gasteiger partial charge is 0.393 e. The van der Waals surface area contributed by atoms with Gasteiger partial charge in [0.25, 0.3) is 5.69 Å². The van der Waals surface area contributed by atoms with Crippen molar-refractivity contribution in [3.05, 3.63) is 33.9 Å². The van der Waals surface area contributed by atoms with Crippen LogP contribution in [0, 0.1) is 16.0 Å². The molecule has 1 aromatic rings. The number of nitro groups is 1. The molecule has 6 heteroatoms. The molecule has 108 valence electrons. The van der Waals surface area contributed by atoms with E-state index in [1.807, 2.05) is 11.8 Å². The van der Waals surface area contributed by atoms with E-state index in [0.717, 1.165) is 5.69 Å². The molecule has 0 spiro atoms. The van der Waals surface area contributed by atoms with Crippen LogP contribution in [0.5, 0.6) is 0 Å². The summed E-state index contributed by atoms with van der Waals surface area (Å²) in [5.74, 6) is -0.177. The van der Waals surface area contributed by atoms with E-state index in [9.17, 15) is 20.0 Å². The molecule has 6 nitrogen and oxygen atoms in total. The van der Waals surface area contributed by atoms with Gasteiger partial charge in [-0.1, -0.05) is 6.92 Å². The Morgan fingerprint density at radius 2 is 2.20 bits per heavy atom. The van der Waals surface area contributed by atoms with Crippen LogP contribution in [-0.4, -0.2) is 35.0 Å². The van der Waals surface area contributed by atoms with Crippen LogP contribution in [0.2, 0.25) is 0 Å². The van der Waals surface area contributed by atoms with E-state index in [-0.39, 0.29) is 29.1 Å². The fourth-order valence-electron chi connectivity index (χ4n) is 2.53. The van der Waals surface area contributed by atoms with Gasteiger partial charge in [-0.3, -0.25) is 14.9 Å². The second kappa shape index (κ2) is 5.58. The zero-order valence-corrected chi connectivity index (χ0v) is 11.6. The number of hydrogen-bond donors (Lipinski definition) is 1. The van der Waals surface area contributed by atoms with E-state index in [2.05, 4.69) is 0 Å². The summed E-state index contributed by atoms with van der Waals surface area (Å²) in [6.07, 6.45) is 0.352. The van der Waals surface area contributed by atoms with Gasteiger partial charge in [-0.2, -0.15) is 0 Å². The Morgan fingerprint density at radius 1 is 1.50 bits per heavy atom. The lowest BCUT2D eigenvalue weighted by molar-refractivity contribution is -0.385. The third-order valence-corrected chi connectivity index (χ3v) is 3.78. The number of piperidine rings is 1. The van der Waals surface area contributed by atoms with Crippen LogP contribution < -0.4 is 4.90 Å². The Kier molecular flexibility index (Phi) is 4.04. The second-order valence-electron chi connectivity index (χ2n) is 5.29. The first kappa shape index (κ1) is 14.5. The number of aliphatic hydroxyl groups excluding tert-OH is 1. The molecule has 1 saturated heterocycles. The lowest BCUT2D eigenvalue weighted by Crippen LogP contribution is -2.42. The van der Waals surface area contributed by atoms with Crippen molar-refractivity contribution in [2.45, 2.75) is 26.4 Å². The molecule has 2 atom stereocenters. The van der Waals surface area contributed by atoms with Crippen LogP contribution >= 0.6 is 0 Å². The summed E-state index contributed by atoms with van der Waals surface area (Å²) in [4.78, 5) is 24.0. The van der Waals surface area contributed by atoms with Gasteiger partial charge in [-0.15, -0.1) is 0 Å². The van der Waals surface area contributed by atoms with Crippen LogP contribution in [0.1, 0.15) is 30.6 Å². The minimum Gasteiger partial charge on any atom is -0.393 e. The molecule has 1 heterocycles. The maximum Gasteiger partial charge on any atom is 0.280 e. The number of anilines is 1. The number of carbonyl (C=O) groups is 1. The molecule has 2 unspecified atom stereocenters. The van der Waals surface area contributed by atoms with E-state index >= 15 is 0 Å². The van der Waals surface area contributed by atoms with E-state index < -0.39 is 4.92 Å². The Bertz CT molecular complexity index is 544. The van der Waals surface area contributed by atoms with Crippen molar-refractivity contribution < 1.29 is 14.8 Å². The Hall–Kier alpha value is -1.95. The summed E-state index contributed by atoms with van der Waals surface area (Å²) >= 11 is 0. The van der Waals surface area contributed by atoms with Gasteiger partial charge in [-0.05, 0) is 31.4 Å². The molecule has 0 bridgehead atoms. The highest BCUT2D eigenvalue weighted by Gasteiger charge is 2.26. The number of hydrogen-bond acceptors (Lipinski definition) is 5. The third-order valence-electron chi connectivity index (χ3n) is 3.78. The standard InChI is InChI=1S/C14H18N2O4/c1-9-8-15(6-5-14(9)18)11-3-4-13(16(19)20)12(7-11)10(2)17/h3-4,7,9,14,18H,5-6,8H2,1-2H3. The molecule has 0 aliphatic carbocycles. The number of benzene rings is 1. The van der Waals surface area contributed by atoms with Crippen LogP contribution in [-0.2, 0) is 0 Å². The molecule has 1 aliphatic heterocycles. The molecular formula is C14H18N2O4. The molecule has 0 radical (unpaired) electrons. The zero-order valence-electron chi connectivity index (χ0n) is 11.6. The van der Waals surface area contributed by atoms with Gasteiger partial charge >= 0.3 is 0 Å². The average Bonchev–Trinajstić information content (AvgIpc) is 2.41. The number of ketones is 1. The van der Waals surface area contributed by atoms with Gasteiger partial charge < -0.3 is 10.0 Å². The fraction of sp³-hybridized carbons (Fsp3) is 0.500. The van der Waals surface area contributed by atoms with E-state index in [0.29, 0.717) is 19.5 Å². The number of nitrogens with zero attached hydrogens (tertiary/aromatic N) is 2. The van der Waals surface area contributed by atoms with Crippen molar-refractivity contribution in [1.29, 1.82) is 0 Å². The quantitative estimate of drug-likeness (QED) is 0.519. The van der Waals surface area contributed by atoms with Crippen molar-refractivity contribution >= 4 is 17.2 Å². The molecule has 2 rings (SSSR count). The van der Waals surface area contributed by atoms with Gasteiger partial charge in [0.15, 0.2) is 5.78 Å². The first-order chi connectivity index (χ1) is 9.40. The van der Waals surface area contributed by atoms with Crippen LogP contribution in [0.3, 0.4) is 0 Å². The van der Waals surface area contributed by atoms with Crippen molar-refractivity contribution in [2.24, 2.45) is 5.92 Å². The number of Topliss-reactive ketones (excluding diaryl/α,β-unsaturated/α-hetero) is 1. The molecule has 0 saturated carbocycles. The number of aliphatic hydroxyl groups is 1. The summed E-state index contributed by atoms with van der Waals surface area (Å²) in [6, 6.07) is 4.61. The normalized spacial score (nSPS) is 22.6. The molecule has 0 amide bonds. The van der Waals surface area contributed by atoms with Crippen molar-refractivity contribution in [1.82, 2.24) is 0 Å². The summed E-state index contributed by atoms with van der Waals surface area (Å²) in [5, 5.41) is 20.6. The summed E-state index contributed by atoms with van der Waals surface area (Å²) in [5.41, 5.74) is 0.761.